The predicted molar refractivity (Wildman–Crippen MR) is 173 cm³/mol. The van der Waals surface area contributed by atoms with Crippen molar-refractivity contribution >= 4 is 18.0 Å². The van der Waals surface area contributed by atoms with Gasteiger partial charge >= 0.3 is 12.2 Å². The lowest BCUT2D eigenvalue weighted by molar-refractivity contribution is -0.120. The summed E-state index contributed by atoms with van der Waals surface area (Å²) in [6, 6.07) is 26.5. The molecule has 3 atom stereocenters. The summed E-state index contributed by atoms with van der Waals surface area (Å²) < 4.78 is 16.5. The number of hydrogen-bond acceptors (Lipinski definition) is 7. The molecule has 0 aromatic heterocycles. The molecule has 9 nitrogen and oxygen atoms in total. The first kappa shape index (κ1) is 33.7. The number of ketones is 1. The number of alkyl carbamates (subject to hydrolysis) is 1. The Hall–Kier alpha value is -4.21. The maximum absolute atomic E-state index is 14.1. The Balaban J connectivity index is 1.41. The van der Waals surface area contributed by atoms with Gasteiger partial charge in [0.05, 0.1) is 25.9 Å². The molecule has 2 amide bonds. The van der Waals surface area contributed by atoms with Crippen LogP contribution in [-0.4, -0.2) is 81.0 Å². The summed E-state index contributed by atoms with van der Waals surface area (Å²) in [4.78, 5) is 40.4. The van der Waals surface area contributed by atoms with Gasteiger partial charge in [-0.2, -0.15) is 0 Å². The topological polar surface area (TPSA) is 106 Å². The van der Waals surface area contributed by atoms with Crippen LogP contribution in [0.15, 0.2) is 84.9 Å². The van der Waals surface area contributed by atoms with Crippen molar-refractivity contribution < 1.29 is 28.6 Å². The molecular formula is C36H45N3O6. The molecule has 9 heteroatoms. The van der Waals surface area contributed by atoms with Crippen LogP contribution in [0.4, 0.5) is 9.59 Å². The molecule has 3 aromatic rings. The number of amides is 2. The van der Waals surface area contributed by atoms with E-state index >= 15 is 0 Å². The van der Waals surface area contributed by atoms with Gasteiger partial charge in [0, 0.05) is 32.0 Å². The molecule has 0 spiro atoms. The summed E-state index contributed by atoms with van der Waals surface area (Å²) in [7, 11) is 1.30. The molecule has 0 unspecified atom stereocenters. The molecule has 0 radical (unpaired) electrons. The maximum Gasteiger partial charge on any atom is 0.409 e. The van der Waals surface area contributed by atoms with Gasteiger partial charge in [-0.05, 0) is 48.9 Å². The van der Waals surface area contributed by atoms with Gasteiger partial charge in [0.1, 0.15) is 12.6 Å². The van der Waals surface area contributed by atoms with Gasteiger partial charge < -0.3 is 29.7 Å². The second-order valence-corrected chi connectivity index (χ2v) is 11.2. The van der Waals surface area contributed by atoms with Crippen LogP contribution in [0.2, 0.25) is 0 Å². The average molecular weight is 616 g/mol. The van der Waals surface area contributed by atoms with E-state index in [2.05, 4.69) is 10.6 Å². The zero-order valence-corrected chi connectivity index (χ0v) is 26.4. The highest BCUT2D eigenvalue weighted by molar-refractivity contribution is 5.91. The van der Waals surface area contributed by atoms with E-state index in [-0.39, 0.29) is 37.0 Å². The van der Waals surface area contributed by atoms with Crippen molar-refractivity contribution in [2.24, 2.45) is 0 Å². The van der Waals surface area contributed by atoms with E-state index in [0.717, 1.165) is 35.1 Å². The molecule has 1 aliphatic heterocycles. The minimum atomic E-state index is -0.839. The van der Waals surface area contributed by atoms with Gasteiger partial charge in [0.2, 0.25) is 0 Å². The van der Waals surface area contributed by atoms with Crippen molar-refractivity contribution in [3.63, 3.8) is 0 Å². The third-order valence-corrected chi connectivity index (χ3v) is 8.27. The van der Waals surface area contributed by atoms with Crippen molar-refractivity contribution in [2.75, 3.05) is 40.0 Å². The van der Waals surface area contributed by atoms with E-state index in [1.54, 1.807) is 4.90 Å². The number of benzene rings is 3. The van der Waals surface area contributed by atoms with E-state index in [0.29, 0.717) is 26.2 Å². The highest BCUT2D eigenvalue weighted by Crippen LogP contribution is 2.30. The lowest BCUT2D eigenvalue weighted by Gasteiger charge is -2.31. The van der Waals surface area contributed by atoms with Crippen molar-refractivity contribution in [1.29, 1.82) is 0 Å². The van der Waals surface area contributed by atoms with E-state index in [1.165, 1.54) is 7.11 Å². The molecule has 3 aromatic carbocycles. The van der Waals surface area contributed by atoms with E-state index in [4.69, 9.17) is 14.2 Å². The number of ether oxygens (including phenoxy) is 3. The minimum Gasteiger partial charge on any atom is -0.453 e. The fourth-order valence-electron chi connectivity index (χ4n) is 5.73. The third-order valence-electron chi connectivity index (χ3n) is 8.27. The molecule has 45 heavy (non-hydrogen) atoms. The first-order valence-electron chi connectivity index (χ1n) is 15.7. The van der Waals surface area contributed by atoms with Gasteiger partial charge in [0.15, 0.2) is 5.78 Å². The van der Waals surface area contributed by atoms with Crippen LogP contribution in [0.5, 0.6) is 0 Å². The quantitative estimate of drug-likeness (QED) is 0.259. The Morgan fingerprint density at radius 2 is 1.51 bits per heavy atom. The van der Waals surface area contributed by atoms with Crippen LogP contribution in [0, 0.1) is 0 Å². The second kappa shape index (κ2) is 17.3. The van der Waals surface area contributed by atoms with Crippen LogP contribution in [-0.2, 0) is 31.8 Å². The SMILES string of the molecule is CCN(CC)C(=O)OC[C@@H]1CO[C@H](CCc2ccccc2CC(=O)[C@@H](NC(=O)OC)C(c2ccccc2)c2ccccc2)CN1. The highest BCUT2D eigenvalue weighted by Gasteiger charge is 2.33. The first-order chi connectivity index (χ1) is 21.9. The zero-order valence-electron chi connectivity index (χ0n) is 26.4. The monoisotopic (exact) mass is 615 g/mol. The molecule has 1 saturated heterocycles. The second-order valence-electron chi connectivity index (χ2n) is 11.2. The van der Waals surface area contributed by atoms with Gasteiger partial charge in [-0.3, -0.25) is 4.79 Å². The zero-order chi connectivity index (χ0) is 32.0. The van der Waals surface area contributed by atoms with Gasteiger partial charge in [-0.25, -0.2) is 9.59 Å². The number of rotatable bonds is 14. The molecule has 240 valence electrons. The molecule has 0 bridgehead atoms. The molecule has 4 rings (SSSR count). The van der Waals surface area contributed by atoms with Crippen LogP contribution in [0.25, 0.3) is 0 Å². The first-order valence-corrected chi connectivity index (χ1v) is 15.7. The Morgan fingerprint density at radius 1 is 0.911 bits per heavy atom. The summed E-state index contributed by atoms with van der Waals surface area (Å²) in [6.07, 6.45) is 0.695. The van der Waals surface area contributed by atoms with E-state index in [9.17, 15) is 14.4 Å². The fourth-order valence-corrected chi connectivity index (χ4v) is 5.73. The van der Waals surface area contributed by atoms with Gasteiger partial charge in [-0.1, -0.05) is 84.9 Å². The number of morpholine rings is 1. The van der Waals surface area contributed by atoms with Crippen LogP contribution < -0.4 is 10.6 Å². The Labute approximate surface area is 266 Å². The molecule has 0 saturated carbocycles. The number of hydrogen-bond donors (Lipinski definition) is 2. The number of nitrogens with zero attached hydrogens (tertiary/aromatic N) is 1. The van der Waals surface area contributed by atoms with Crippen molar-refractivity contribution in [3.8, 4) is 0 Å². The Bertz CT molecular complexity index is 1320. The van der Waals surface area contributed by atoms with Gasteiger partial charge in [-0.15, -0.1) is 0 Å². The lowest BCUT2D eigenvalue weighted by atomic mass is 9.81. The summed E-state index contributed by atoms with van der Waals surface area (Å²) in [5.74, 6) is -0.504. The van der Waals surface area contributed by atoms with E-state index < -0.39 is 18.1 Å². The standard InChI is InChI=1S/C36H45N3O6/c1-4-39(5-2)36(42)45-25-30-24-44-31(23-37-30)21-20-26-14-12-13-19-29(26)22-32(40)34(38-35(41)43-3)33(27-15-8-6-9-16-27)28-17-10-7-11-18-28/h6-19,30-31,33-34,37H,4-5,20-25H2,1-3H3,(H,38,41)/t30-,31+,34+/m0/s1. The largest absolute Gasteiger partial charge is 0.453 e. The van der Waals surface area contributed by atoms with Crippen molar-refractivity contribution in [2.45, 2.75) is 57.2 Å². The summed E-state index contributed by atoms with van der Waals surface area (Å²) in [5.41, 5.74) is 3.84. The Morgan fingerprint density at radius 3 is 2.07 bits per heavy atom. The molecule has 1 heterocycles. The molecule has 2 N–H and O–H groups in total. The molecular weight excluding hydrogens is 570 g/mol. The van der Waals surface area contributed by atoms with Crippen molar-refractivity contribution in [3.05, 3.63) is 107 Å². The summed E-state index contributed by atoms with van der Waals surface area (Å²) in [5, 5.41) is 6.29. The molecule has 1 fully saturated rings. The predicted octanol–water partition coefficient (Wildman–Crippen LogP) is 5.12. The molecule has 1 aliphatic rings. The summed E-state index contributed by atoms with van der Waals surface area (Å²) in [6.45, 7) is 6.45. The number of carbonyl (C=O) groups is 3. The number of Topliss-reactive ketones (excluding diaryl/α,β-unsaturated/α-hetero) is 1. The smallest absolute Gasteiger partial charge is 0.409 e. The molecule has 0 aliphatic carbocycles. The van der Waals surface area contributed by atoms with Crippen LogP contribution in [0.1, 0.15) is 48.4 Å². The normalized spacial score (nSPS) is 16.9. The van der Waals surface area contributed by atoms with Crippen LogP contribution >= 0.6 is 0 Å². The fraction of sp³-hybridized carbons (Fsp3) is 0.417. The van der Waals surface area contributed by atoms with Crippen molar-refractivity contribution in [1.82, 2.24) is 15.5 Å². The number of nitrogens with one attached hydrogen (secondary N) is 2. The number of methoxy groups -OCH3 is 1. The Kier molecular flexibility index (Phi) is 13.0. The van der Waals surface area contributed by atoms with Crippen LogP contribution in [0.3, 0.4) is 0 Å². The van der Waals surface area contributed by atoms with E-state index in [1.807, 2.05) is 98.8 Å². The highest BCUT2D eigenvalue weighted by atomic mass is 16.6. The number of carbonyl (C=O) groups excluding carboxylic acids is 3. The maximum atomic E-state index is 14.1. The summed E-state index contributed by atoms with van der Waals surface area (Å²) >= 11 is 0. The minimum absolute atomic E-state index is 0.00206. The lowest BCUT2D eigenvalue weighted by Crippen LogP contribution is -2.49. The third kappa shape index (κ3) is 9.64. The van der Waals surface area contributed by atoms with Gasteiger partial charge in [0.25, 0.3) is 0 Å². The average Bonchev–Trinajstić information content (AvgIpc) is 3.08. The number of aryl methyl sites for hydroxylation is 1.